The molecule has 4 nitrogen and oxygen atoms in total. The maximum Gasteiger partial charge on any atom is 0.222 e. The van der Waals surface area contributed by atoms with Crippen LogP contribution in [-0.2, 0) is 4.79 Å². The summed E-state index contributed by atoms with van der Waals surface area (Å²) in [4.78, 5) is 15.1. The van der Waals surface area contributed by atoms with Crippen LogP contribution in [0.4, 0.5) is 4.39 Å². The summed E-state index contributed by atoms with van der Waals surface area (Å²) in [5, 5.41) is 6.01. The molecule has 1 amide bonds. The number of amides is 1. The van der Waals surface area contributed by atoms with Gasteiger partial charge in [0.15, 0.2) is 0 Å². The minimum Gasteiger partial charge on any atom is -0.355 e. The van der Waals surface area contributed by atoms with Crippen molar-refractivity contribution in [2.45, 2.75) is 26.8 Å². The van der Waals surface area contributed by atoms with E-state index in [1.54, 1.807) is 6.20 Å². The SMILES string of the molecule is CC(C)C(=O)NCCNC(C)c1cncc(F)c1. The minimum atomic E-state index is -0.339. The van der Waals surface area contributed by atoms with Gasteiger partial charge in [-0.1, -0.05) is 13.8 Å². The van der Waals surface area contributed by atoms with Gasteiger partial charge in [-0.05, 0) is 18.6 Å². The van der Waals surface area contributed by atoms with Crippen molar-refractivity contribution in [1.82, 2.24) is 15.6 Å². The zero-order chi connectivity index (χ0) is 13.5. The van der Waals surface area contributed by atoms with E-state index in [4.69, 9.17) is 0 Å². The Hall–Kier alpha value is -1.49. The van der Waals surface area contributed by atoms with Crippen LogP contribution in [0.1, 0.15) is 32.4 Å². The fourth-order valence-electron chi connectivity index (χ4n) is 1.46. The normalized spacial score (nSPS) is 12.5. The van der Waals surface area contributed by atoms with Gasteiger partial charge in [-0.25, -0.2) is 4.39 Å². The molecule has 5 heteroatoms. The van der Waals surface area contributed by atoms with Crippen molar-refractivity contribution in [1.29, 1.82) is 0 Å². The molecule has 0 saturated carbocycles. The van der Waals surface area contributed by atoms with Crippen molar-refractivity contribution >= 4 is 5.91 Å². The average Bonchev–Trinajstić information content (AvgIpc) is 2.33. The van der Waals surface area contributed by atoms with Crippen LogP contribution < -0.4 is 10.6 Å². The maximum atomic E-state index is 13.0. The number of pyridine rings is 1. The molecule has 1 unspecified atom stereocenters. The van der Waals surface area contributed by atoms with E-state index in [9.17, 15) is 9.18 Å². The van der Waals surface area contributed by atoms with E-state index in [2.05, 4.69) is 15.6 Å². The topological polar surface area (TPSA) is 54.0 Å². The molecule has 0 aliphatic rings. The highest BCUT2D eigenvalue weighted by Gasteiger charge is 2.07. The van der Waals surface area contributed by atoms with Crippen LogP contribution in [0.15, 0.2) is 18.5 Å². The molecule has 1 aromatic rings. The fraction of sp³-hybridized carbons (Fsp3) is 0.538. The van der Waals surface area contributed by atoms with E-state index in [0.717, 1.165) is 5.56 Å². The first kappa shape index (κ1) is 14.6. The largest absolute Gasteiger partial charge is 0.355 e. The van der Waals surface area contributed by atoms with E-state index >= 15 is 0 Å². The third-order valence-electron chi connectivity index (χ3n) is 2.63. The Morgan fingerprint density at radius 2 is 2.06 bits per heavy atom. The van der Waals surface area contributed by atoms with Crippen LogP contribution >= 0.6 is 0 Å². The molecule has 0 fully saturated rings. The van der Waals surface area contributed by atoms with Crippen LogP contribution in [-0.4, -0.2) is 24.0 Å². The molecule has 100 valence electrons. The molecular weight excluding hydrogens is 233 g/mol. The molecule has 18 heavy (non-hydrogen) atoms. The molecule has 1 aromatic heterocycles. The molecule has 0 aliphatic carbocycles. The molecule has 1 rings (SSSR count). The summed E-state index contributed by atoms with van der Waals surface area (Å²) in [5.74, 6) is -0.305. The highest BCUT2D eigenvalue weighted by atomic mass is 19.1. The second-order valence-electron chi connectivity index (χ2n) is 4.56. The van der Waals surface area contributed by atoms with Gasteiger partial charge in [-0.2, -0.15) is 0 Å². The van der Waals surface area contributed by atoms with Crippen molar-refractivity contribution in [3.8, 4) is 0 Å². The highest BCUT2D eigenvalue weighted by Crippen LogP contribution is 2.11. The smallest absolute Gasteiger partial charge is 0.222 e. The number of aromatic nitrogens is 1. The average molecular weight is 253 g/mol. The van der Waals surface area contributed by atoms with E-state index in [-0.39, 0.29) is 23.7 Å². The number of halogens is 1. The first-order valence-electron chi connectivity index (χ1n) is 6.12. The zero-order valence-corrected chi connectivity index (χ0v) is 11.0. The van der Waals surface area contributed by atoms with Gasteiger partial charge >= 0.3 is 0 Å². The van der Waals surface area contributed by atoms with Crippen LogP contribution in [0.25, 0.3) is 0 Å². The molecule has 0 aromatic carbocycles. The number of hydrogen-bond acceptors (Lipinski definition) is 3. The second-order valence-corrected chi connectivity index (χ2v) is 4.56. The lowest BCUT2D eigenvalue weighted by Gasteiger charge is -2.14. The van der Waals surface area contributed by atoms with Gasteiger partial charge in [0, 0.05) is 31.2 Å². The van der Waals surface area contributed by atoms with E-state index < -0.39 is 0 Å². The number of nitrogens with one attached hydrogen (secondary N) is 2. The predicted octanol–water partition coefficient (Wildman–Crippen LogP) is 1.64. The third kappa shape index (κ3) is 4.79. The lowest BCUT2D eigenvalue weighted by Crippen LogP contribution is -2.35. The Morgan fingerprint density at radius 1 is 1.33 bits per heavy atom. The van der Waals surface area contributed by atoms with Gasteiger partial charge in [0.2, 0.25) is 5.91 Å². The standard InChI is InChI=1S/C13H20FN3O/c1-9(2)13(18)17-5-4-16-10(3)11-6-12(14)8-15-7-11/h6-10,16H,4-5H2,1-3H3,(H,17,18). The Balaban J connectivity index is 2.29. The monoisotopic (exact) mass is 253 g/mol. The molecule has 0 spiro atoms. The Labute approximate surface area is 107 Å². The van der Waals surface area contributed by atoms with Crippen LogP contribution in [0, 0.1) is 11.7 Å². The molecule has 2 N–H and O–H groups in total. The molecular formula is C13H20FN3O. The molecule has 1 heterocycles. The lowest BCUT2D eigenvalue weighted by atomic mass is 10.1. The van der Waals surface area contributed by atoms with E-state index in [1.165, 1.54) is 12.3 Å². The number of carbonyl (C=O) groups is 1. The summed E-state index contributed by atoms with van der Waals surface area (Å²) in [6.07, 6.45) is 2.81. The van der Waals surface area contributed by atoms with Crippen molar-refractivity contribution in [2.24, 2.45) is 5.92 Å². The van der Waals surface area contributed by atoms with Gasteiger partial charge in [0.1, 0.15) is 5.82 Å². The van der Waals surface area contributed by atoms with E-state index in [0.29, 0.717) is 13.1 Å². The summed E-state index contributed by atoms with van der Waals surface area (Å²) >= 11 is 0. The van der Waals surface area contributed by atoms with Crippen molar-refractivity contribution in [3.63, 3.8) is 0 Å². The molecule has 0 radical (unpaired) electrons. The summed E-state index contributed by atoms with van der Waals surface area (Å²) in [6.45, 7) is 6.83. The van der Waals surface area contributed by atoms with Gasteiger partial charge in [0.05, 0.1) is 6.20 Å². The van der Waals surface area contributed by atoms with E-state index in [1.807, 2.05) is 20.8 Å². The molecule has 0 bridgehead atoms. The summed E-state index contributed by atoms with van der Waals surface area (Å²) in [5.41, 5.74) is 0.796. The Bertz CT molecular complexity index is 396. The van der Waals surface area contributed by atoms with Gasteiger partial charge < -0.3 is 10.6 Å². The maximum absolute atomic E-state index is 13.0. The molecule has 0 saturated heterocycles. The number of carbonyl (C=O) groups excluding carboxylic acids is 1. The van der Waals surface area contributed by atoms with Crippen LogP contribution in [0.5, 0.6) is 0 Å². The number of hydrogen-bond donors (Lipinski definition) is 2. The van der Waals surface area contributed by atoms with Crippen molar-refractivity contribution < 1.29 is 9.18 Å². The molecule has 1 atom stereocenters. The first-order valence-corrected chi connectivity index (χ1v) is 6.12. The fourth-order valence-corrected chi connectivity index (χ4v) is 1.46. The minimum absolute atomic E-state index is 0.00384. The van der Waals surface area contributed by atoms with Crippen LogP contribution in [0.2, 0.25) is 0 Å². The summed E-state index contributed by atoms with van der Waals surface area (Å²) in [7, 11) is 0. The number of nitrogens with zero attached hydrogens (tertiary/aromatic N) is 1. The Kier molecular flexibility index (Phi) is 5.71. The molecule has 0 aliphatic heterocycles. The second kappa shape index (κ2) is 7.06. The lowest BCUT2D eigenvalue weighted by molar-refractivity contribution is -0.123. The van der Waals surface area contributed by atoms with Gasteiger partial charge in [-0.3, -0.25) is 9.78 Å². The Morgan fingerprint density at radius 3 is 2.67 bits per heavy atom. The third-order valence-corrected chi connectivity index (χ3v) is 2.63. The van der Waals surface area contributed by atoms with Crippen molar-refractivity contribution in [2.75, 3.05) is 13.1 Å². The van der Waals surface area contributed by atoms with Gasteiger partial charge in [0.25, 0.3) is 0 Å². The quantitative estimate of drug-likeness (QED) is 0.758. The van der Waals surface area contributed by atoms with Crippen molar-refractivity contribution in [3.05, 3.63) is 29.8 Å². The predicted molar refractivity (Wildman–Crippen MR) is 68.5 cm³/mol. The zero-order valence-electron chi connectivity index (χ0n) is 11.0. The van der Waals surface area contributed by atoms with Crippen LogP contribution in [0.3, 0.4) is 0 Å². The first-order chi connectivity index (χ1) is 8.50. The number of rotatable bonds is 6. The summed E-state index contributed by atoms with van der Waals surface area (Å²) in [6, 6.07) is 1.46. The van der Waals surface area contributed by atoms with Gasteiger partial charge in [-0.15, -0.1) is 0 Å². The highest BCUT2D eigenvalue weighted by molar-refractivity contribution is 5.77. The summed E-state index contributed by atoms with van der Waals surface area (Å²) < 4.78 is 13.0.